The molecule has 0 fully saturated rings. The lowest BCUT2D eigenvalue weighted by Crippen LogP contribution is -2.18. The van der Waals surface area contributed by atoms with Gasteiger partial charge in [0.1, 0.15) is 5.75 Å². The van der Waals surface area contributed by atoms with E-state index in [0.29, 0.717) is 0 Å². The van der Waals surface area contributed by atoms with Crippen molar-refractivity contribution in [2.45, 2.75) is 26.2 Å². The third-order valence-electron chi connectivity index (χ3n) is 2.22. The molecule has 16 heavy (non-hydrogen) atoms. The van der Waals surface area contributed by atoms with Crippen LogP contribution in [0.15, 0.2) is 30.3 Å². The van der Waals surface area contributed by atoms with Crippen molar-refractivity contribution in [1.82, 2.24) is 5.32 Å². The second kappa shape index (κ2) is 10.8. The molecule has 0 aliphatic carbocycles. The summed E-state index contributed by atoms with van der Waals surface area (Å²) >= 11 is 0. The number of hydrogen-bond donors (Lipinski definition) is 1. The van der Waals surface area contributed by atoms with Crippen LogP contribution in [0.3, 0.4) is 0 Å². The van der Waals surface area contributed by atoms with Crippen molar-refractivity contribution in [2.24, 2.45) is 0 Å². The summed E-state index contributed by atoms with van der Waals surface area (Å²) in [5, 5.41) is 3.39. The van der Waals surface area contributed by atoms with Crippen LogP contribution in [0.5, 0.6) is 5.75 Å². The number of para-hydroxylation sites is 1. The molecule has 0 radical (unpaired) electrons. The Kier molecular flexibility index (Phi) is 10.3. The summed E-state index contributed by atoms with van der Waals surface area (Å²) in [5.41, 5.74) is 0. The van der Waals surface area contributed by atoms with Gasteiger partial charge in [0.05, 0.1) is 6.61 Å². The summed E-state index contributed by atoms with van der Waals surface area (Å²) in [6.07, 6.45) is 3.59. The summed E-state index contributed by atoms with van der Waals surface area (Å²) in [7, 11) is 0. The number of benzene rings is 1. The lowest BCUT2D eigenvalue weighted by Gasteiger charge is -2.06. The quantitative estimate of drug-likeness (QED) is 0.708. The number of rotatable bonds is 8. The van der Waals surface area contributed by atoms with Gasteiger partial charge in [-0.15, -0.1) is 12.4 Å². The third-order valence-corrected chi connectivity index (χ3v) is 2.22. The van der Waals surface area contributed by atoms with Crippen molar-refractivity contribution in [3.8, 4) is 5.75 Å². The molecule has 0 atom stereocenters. The van der Waals surface area contributed by atoms with Crippen molar-refractivity contribution in [2.75, 3.05) is 19.7 Å². The van der Waals surface area contributed by atoms with E-state index in [-0.39, 0.29) is 12.4 Å². The van der Waals surface area contributed by atoms with Crippen LogP contribution in [0.25, 0.3) is 0 Å². The normalized spacial score (nSPS) is 9.56. The van der Waals surface area contributed by atoms with Crippen molar-refractivity contribution in [1.29, 1.82) is 0 Å². The van der Waals surface area contributed by atoms with Crippen LogP contribution >= 0.6 is 12.4 Å². The highest BCUT2D eigenvalue weighted by Gasteiger charge is 1.91. The summed E-state index contributed by atoms with van der Waals surface area (Å²) in [5.74, 6) is 0.964. The van der Waals surface area contributed by atoms with E-state index in [1.165, 1.54) is 12.8 Å². The smallest absolute Gasteiger partial charge is 0.119 e. The molecule has 1 rings (SSSR count). The minimum atomic E-state index is 0. The third kappa shape index (κ3) is 7.55. The standard InChI is InChI=1S/C13H21NO.ClH/c1-2-3-10-14-11-7-12-15-13-8-5-4-6-9-13;/h4-6,8-9,14H,2-3,7,10-12H2,1H3;1H. The molecule has 1 N–H and O–H groups in total. The van der Waals surface area contributed by atoms with Gasteiger partial charge in [0.25, 0.3) is 0 Å². The highest BCUT2D eigenvalue weighted by molar-refractivity contribution is 5.85. The minimum absolute atomic E-state index is 0. The molecule has 0 unspecified atom stereocenters. The van der Waals surface area contributed by atoms with Crippen LogP contribution in [0, 0.1) is 0 Å². The molecule has 0 aliphatic heterocycles. The fraction of sp³-hybridized carbons (Fsp3) is 0.538. The van der Waals surface area contributed by atoms with Crippen molar-refractivity contribution in [3.63, 3.8) is 0 Å². The number of ether oxygens (including phenoxy) is 1. The molecule has 0 aromatic heterocycles. The number of halogens is 1. The molecule has 1 aromatic rings. The van der Waals surface area contributed by atoms with Crippen molar-refractivity contribution >= 4 is 12.4 Å². The maximum Gasteiger partial charge on any atom is 0.119 e. The van der Waals surface area contributed by atoms with E-state index in [1.54, 1.807) is 0 Å². The van der Waals surface area contributed by atoms with E-state index < -0.39 is 0 Å². The van der Waals surface area contributed by atoms with Crippen LogP contribution in [0.4, 0.5) is 0 Å². The molecule has 92 valence electrons. The predicted octanol–water partition coefficient (Wildman–Crippen LogP) is 3.27. The molecule has 0 spiro atoms. The van der Waals surface area contributed by atoms with Crippen LogP contribution in [-0.2, 0) is 0 Å². The van der Waals surface area contributed by atoms with E-state index >= 15 is 0 Å². The van der Waals surface area contributed by atoms with E-state index in [9.17, 15) is 0 Å². The maximum absolute atomic E-state index is 5.57. The fourth-order valence-electron chi connectivity index (χ4n) is 1.33. The molecular weight excluding hydrogens is 222 g/mol. The Labute approximate surface area is 105 Å². The Hall–Kier alpha value is -0.730. The van der Waals surface area contributed by atoms with Gasteiger partial charge in [-0.2, -0.15) is 0 Å². The first-order valence-corrected chi connectivity index (χ1v) is 5.82. The Morgan fingerprint density at radius 2 is 1.75 bits per heavy atom. The molecule has 0 heterocycles. The maximum atomic E-state index is 5.57. The van der Waals surface area contributed by atoms with E-state index in [4.69, 9.17) is 4.74 Å². The lowest BCUT2D eigenvalue weighted by molar-refractivity contribution is 0.308. The summed E-state index contributed by atoms with van der Waals surface area (Å²) in [4.78, 5) is 0. The predicted molar refractivity (Wildman–Crippen MR) is 71.6 cm³/mol. The zero-order chi connectivity index (χ0) is 10.8. The lowest BCUT2D eigenvalue weighted by atomic mass is 10.3. The van der Waals surface area contributed by atoms with Crippen LogP contribution < -0.4 is 10.1 Å². The zero-order valence-electron chi connectivity index (χ0n) is 9.95. The zero-order valence-corrected chi connectivity index (χ0v) is 10.8. The summed E-state index contributed by atoms with van der Waals surface area (Å²) < 4.78 is 5.57. The van der Waals surface area contributed by atoms with E-state index in [0.717, 1.165) is 31.9 Å². The van der Waals surface area contributed by atoms with Crippen molar-refractivity contribution < 1.29 is 4.74 Å². The van der Waals surface area contributed by atoms with Gasteiger partial charge in [0.15, 0.2) is 0 Å². The van der Waals surface area contributed by atoms with Crippen LogP contribution in [0.1, 0.15) is 26.2 Å². The monoisotopic (exact) mass is 243 g/mol. The van der Waals surface area contributed by atoms with Crippen LogP contribution in [0.2, 0.25) is 0 Å². The second-order valence-electron chi connectivity index (χ2n) is 3.62. The van der Waals surface area contributed by atoms with E-state index in [2.05, 4.69) is 12.2 Å². The molecular formula is C13H22ClNO. The number of hydrogen-bond acceptors (Lipinski definition) is 2. The van der Waals surface area contributed by atoms with Gasteiger partial charge in [-0.3, -0.25) is 0 Å². The van der Waals surface area contributed by atoms with Gasteiger partial charge in [-0.05, 0) is 38.1 Å². The van der Waals surface area contributed by atoms with E-state index in [1.807, 2.05) is 30.3 Å². The number of unbranched alkanes of at least 4 members (excludes halogenated alkanes) is 1. The van der Waals surface area contributed by atoms with Gasteiger partial charge in [0.2, 0.25) is 0 Å². The van der Waals surface area contributed by atoms with Gasteiger partial charge in [-0.1, -0.05) is 31.5 Å². The first-order valence-electron chi connectivity index (χ1n) is 5.82. The van der Waals surface area contributed by atoms with Crippen LogP contribution in [-0.4, -0.2) is 19.7 Å². The molecule has 0 amide bonds. The average Bonchev–Trinajstić information content (AvgIpc) is 2.29. The molecule has 3 heteroatoms. The van der Waals surface area contributed by atoms with Gasteiger partial charge < -0.3 is 10.1 Å². The van der Waals surface area contributed by atoms with Gasteiger partial charge >= 0.3 is 0 Å². The first-order chi connectivity index (χ1) is 7.43. The first kappa shape index (κ1) is 15.3. The Morgan fingerprint density at radius 1 is 1.06 bits per heavy atom. The Morgan fingerprint density at radius 3 is 2.44 bits per heavy atom. The Bertz CT molecular complexity index is 241. The largest absolute Gasteiger partial charge is 0.494 e. The SMILES string of the molecule is CCCCNCCCOc1ccccc1.Cl. The molecule has 0 saturated carbocycles. The molecule has 0 saturated heterocycles. The Balaban J connectivity index is 0.00000225. The average molecular weight is 244 g/mol. The number of nitrogens with one attached hydrogen (secondary N) is 1. The topological polar surface area (TPSA) is 21.3 Å². The molecule has 1 aromatic carbocycles. The highest BCUT2D eigenvalue weighted by Crippen LogP contribution is 2.07. The molecule has 0 bridgehead atoms. The van der Waals surface area contributed by atoms with Gasteiger partial charge in [0, 0.05) is 0 Å². The summed E-state index contributed by atoms with van der Waals surface area (Å²) in [6, 6.07) is 9.97. The highest BCUT2D eigenvalue weighted by atomic mass is 35.5. The second-order valence-corrected chi connectivity index (χ2v) is 3.62. The molecule has 0 aliphatic rings. The fourth-order valence-corrected chi connectivity index (χ4v) is 1.33. The summed E-state index contributed by atoms with van der Waals surface area (Å²) in [6.45, 7) is 5.18. The van der Waals surface area contributed by atoms with Crippen molar-refractivity contribution in [3.05, 3.63) is 30.3 Å². The molecule has 2 nitrogen and oxygen atoms in total. The minimum Gasteiger partial charge on any atom is -0.494 e. The van der Waals surface area contributed by atoms with Gasteiger partial charge in [-0.25, -0.2) is 0 Å².